The van der Waals surface area contributed by atoms with Crippen molar-refractivity contribution in [1.82, 2.24) is 10.6 Å². The van der Waals surface area contributed by atoms with Crippen molar-refractivity contribution in [2.45, 2.75) is 109 Å². The third-order valence-electron chi connectivity index (χ3n) is 4.99. The summed E-state index contributed by atoms with van der Waals surface area (Å²) in [7, 11) is 0. The first-order valence-corrected chi connectivity index (χ1v) is 9.74. The molecule has 0 bridgehead atoms. The van der Waals surface area contributed by atoms with E-state index in [0.29, 0.717) is 18.2 Å². The summed E-state index contributed by atoms with van der Waals surface area (Å²) in [6.45, 7) is 8.74. The van der Waals surface area contributed by atoms with Gasteiger partial charge in [0.15, 0.2) is 0 Å². The largest absolute Gasteiger partial charge is 0.444 e. The van der Waals surface area contributed by atoms with Gasteiger partial charge in [0.05, 0.1) is 6.10 Å². The minimum Gasteiger partial charge on any atom is -0.444 e. The van der Waals surface area contributed by atoms with Crippen molar-refractivity contribution in [3.05, 3.63) is 0 Å². The molecule has 5 nitrogen and oxygen atoms in total. The second-order valence-corrected chi connectivity index (χ2v) is 8.29. The van der Waals surface area contributed by atoms with Gasteiger partial charge in [0, 0.05) is 24.7 Å². The predicted octanol–water partition coefficient (Wildman–Crippen LogP) is 3.76. The highest BCUT2D eigenvalue weighted by atomic mass is 16.6. The Hall–Kier alpha value is -0.810. The third-order valence-corrected chi connectivity index (χ3v) is 4.99. The molecule has 4 unspecified atom stereocenters. The van der Waals surface area contributed by atoms with Crippen molar-refractivity contribution in [2.75, 3.05) is 6.61 Å². The molecule has 1 aliphatic heterocycles. The zero-order valence-electron chi connectivity index (χ0n) is 15.9. The topological polar surface area (TPSA) is 59.6 Å². The van der Waals surface area contributed by atoms with Crippen molar-refractivity contribution in [3.63, 3.8) is 0 Å². The SMILES string of the molecule is CCC1CC(NC2CCCCCC2NC(=O)OC(C)(C)C)CCO1. The first-order chi connectivity index (χ1) is 11.4. The first kappa shape index (κ1) is 19.5. The average molecular weight is 341 g/mol. The molecule has 1 amide bonds. The van der Waals surface area contributed by atoms with Gasteiger partial charge in [0.1, 0.15) is 5.60 Å². The van der Waals surface area contributed by atoms with E-state index in [1.54, 1.807) is 0 Å². The molecule has 0 aromatic heterocycles. The molecule has 2 rings (SSSR count). The second-order valence-electron chi connectivity index (χ2n) is 8.29. The van der Waals surface area contributed by atoms with Crippen LogP contribution in [0.4, 0.5) is 4.79 Å². The number of hydrogen-bond donors (Lipinski definition) is 2. The van der Waals surface area contributed by atoms with Gasteiger partial charge >= 0.3 is 6.09 Å². The lowest BCUT2D eigenvalue weighted by molar-refractivity contribution is -0.00329. The summed E-state index contributed by atoms with van der Waals surface area (Å²) in [6, 6.07) is 0.987. The lowest BCUT2D eigenvalue weighted by Gasteiger charge is -2.35. The fraction of sp³-hybridized carbons (Fsp3) is 0.947. The van der Waals surface area contributed by atoms with Gasteiger partial charge in [-0.1, -0.05) is 26.2 Å². The molecule has 2 aliphatic rings. The number of alkyl carbamates (subject to hydrolysis) is 1. The first-order valence-electron chi connectivity index (χ1n) is 9.74. The number of hydrogen-bond acceptors (Lipinski definition) is 4. The van der Waals surface area contributed by atoms with Gasteiger partial charge in [-0.25, -0.2) is 4.79 Å². The average Bonchev–Trinajstić information content (AvgIpc) is 2.71. The second kappa shape index (κ2) is 9.04. The summed E-state index contributed by atoms with van der Waals surface area (Å²) in [4.78, 5) is 12.2. The lowest BCUT2D eigenvalue weighted by Crippen LogP contribution is -2.54. The summed E-state index contributed by atoms with van der Waals surface area (Å²) in [6.07, 6.45) is 9.08. The molecule has 0 radical (unpaired) electrons. The van der Waals surface area contributed by atoms with Crippen LogP contribution in [0.2, 0.25) is 0 Å². The predicted molar refractivity (Wildman–Crippen MR) is 96.2 cm³/mol. The standard InChI is InChI=1S/C19H36N2O3/c1-5-15-13-14(11-12-23-15)20-16-9-7-6-8-10-17(16)21-18(22)24-19(2,3)4/h14-17,20H,5-13H2,1-4H3,(H,21,22). The molecular formula is C19H36N2O3. The Morgan fingerprint density at radius 1 is 1.12 bits per heavy atom. The molecule has 24 heavy (non-hydrogen) atoms. The van der Waals surface area contributed by atoms with Crippen LogP contribution in [-0.4, -0.2) is 42.5 Å². The number of amides is 1. The van der Waals surface area contributed by atoms with Gasteiger partial charge in [-0.2, -0.15) is 0 Å². The lowest BCUT2D eigenvalue weighted by atomic mass is 9.97. The zero-order chi connectivity index (χ0) is 17.6. The van der Waals surface area contributed by atoms with E-state index in [1.165, 1.54) is 19.3 Å². The summed E-state index contributed by atoms with van der Waals surface area (Å²) >= 11 is 0. The Bertz CT molecular complexity index is 395. The van der Waals surface area contributed by atoms with E-state index >= 15 is 0 Å². The molecule has 0 aromatic carbocycles. The van der Waals surface area contributed by atoms with Crippen LogP contribution in [0.5, 0.6) is 0 Å². The normalized spacial score (nSPS) is 32.0. The number of carbonyl (C=O) groups excluding carboxylic acids is 1. The summed E-state index contributed by atoms with van der Waals surface area (Å²) in [5, 5.41) is 6.96. The van der Waals surface area contributed by atoms with Crippen molar-refractivity contribution in [3.8, 4) is 0 Å². The molecule has 0 spiro atoms. The van der Waals surface area contributed by atoms with E-state index in [9.17, 15) is 4.79 Å². The quantitative estimate of drug-likeness (QED) is 0.765. The molecule has 0 aromatic rings. The molecular weight excluding hydrogens is 304 g/mol. The van der Waals surface area contributed by atoms with Crippen molar-refractivity contribution in [2.24, 2.45) is 0 Å². The van der Waals surface area contributed by atoms with E-state index < -0.39 is 5.60 Å². The number of nitrogens with one attached hydrogen (secondary N) is 2. The van der Waals surface area contributed by atoms with Gasteiger partial charge in [0.2, 0.25) is 0 Å². The van der Waals surface area contributed by atoms with Crippen LogP contribution in [0.15, 0.2) is 0 Å². The maximum absolute atomic E-state index is 12.2. The molecule has 1 saturated heterocycles. The van der Waals surface area contributed by atoms with Gasteiger partial charge in [-0.05, 0) is 52.9 Å². The highest BCUT2D eigenvalue weighted by Crippen LogP contribution is 2.22. The van der Waals surface area contributed by atoms with Gasteiger partial charge in [-0.3, -0.25) is 0 Å². The van der Waals surface area contributed by atoms with Crippen LogP contribution in [0.25, 0.3) is 0 Å². The van der Waals surface area contributed by atoms with Crippen molar-refractivity contribution >= 4 is 6.09 Å². The van der Waals surface area contributed by atoms with Crippen LogP contribution in [0.1, 0.15) is 79.1 Å². The maximum Gasteiger partial charge on any atom is 0.407 e. The van der Waals surface area contributed by atoms with Crippen LogP contribution >= 0.6 is 0 Å². The summed E-state index contributed by atoms with van der Waals surface area (Å²) in [5.41, 5.74) is -0.452. The minimum absolute atomic E-state index is 0.158. The van der Waals surface area contributed by atoms with E-state index in [0.717, 1.165) is 38.7 Å². The van der Waals surface area contributed by atoms with Crippen molar-refractivity contribution < 1.29 is 14.3 Å². The molecule has 5 heteroatoms. The summed E-state index contributed by atoms with van der Waals surface area (Å²) < 4.78 is 11.2. The molecule has 1 saturated carbocycles. The Labute approximate surface area is 147 Å². The van der Waals surface area contributed by atoms with Crippen LogP contribution < -0.4 is 10.6 Å². The van der Waals surface area contributed by atoms with Gasteiger partial charge < -0.3 is 20.1 Å². The van der Waals surface area contributed by atoms with Gasteiger partial charge in [-0.15, -0.1) is 0 Å². The van der Waals surface area contributed by atoms with Crippen molar-refractivity contribution in [1.29, 1.82) is 0 Å². The Morgan fingerprint density at radius 3 is 2.50 bits per heavy atom. The Balaban J connectivity index is 1.92. The van der Waals surface area contributed by atoms with E-state index in [1.807, 2.05) is 20.8 Å². The number of ether oxygens (including phenoxy) is 2. The highest BCUT2D eigenvalue weighted by molar-refractivity contribution is 5.68. The molecule has 4 atom stereocenters. The van der Waals surface area contributed by atoms with E-state index in [-0.39, 0.29) is 12.1 Å². The minimum atomic E-state index is -0.452. The maximum atomic E-state index is 12.2. The zero-order valence-corrected chi connectivity index (χ0v) is 15.9. The fourth-order valence-corrected chi connectivity index (χ4v) is 3.76. The van der Waals surface area contributed by atoms with E-state index in [4.69, 9.17) is 9.47 Å². The molecule has 1 heterocycles. The van der Waals surface area contributed by atoms with Crippen LogP contribution in [0, 0.1) is 0 Å². The smallest absolute Gasteiger partial charge is 0.407 e. The number of rotatable bonds is 4. The van der Waals surface area contributed by atoms with E-state index in [2.05, 4.69) is 17.6 Å². The van der Waals surface area contributed by atoms with Gasteiger partial charge in [0.25, 0.3) is 0 Å². The highest BCUT2D eigenvalue weighted by Gasteiger charge is 2.30. The van der Waals surface area contributed by atoms with Crippen LogP contribution in [-0.2, 0) is 9.47 Å². The number of carbonyl (C=O) groups is 1. The molecule has 2 N–H and O–H groups in total. The molecule has 140 valence electrons. The Morgan fingerprint density at radius 2 is 1.83 bits per heavy atom. The third kappa shape index (κ3) is 6.60. The van der Waals surface area contributed by atoms with Crippen LogP contribution in [0.3, 0.4) is 0 Å². The Kier molecular flexibility index (Phi) is 7.35. The fourth-order valence-electron chi connectivity index (χ4n) is 3.76. The summed E-state index contributed by atoms with van der Waals surface area (Å²) in [5.74, 6) is 0. The molecule has 2 fully saturated rings. The molecule has 1 aliphatic carbocycles. The monoisotopic (exact) mass is 340 g/mol.